The van der Waals surface area contributed by atoms with Crippen LogP contribution in [0.4, 0.5) is 11.4 Å². The summed E-state index contributed by atoms with van der Waals surface area (Å²) in [4.78, 5) is 58.9. The molecule has 2 aromatic rings. The largest absolute Gasteiger partial charge is 0.508 e. The van der Waals surface area contributed by atoms with Crippen molar-refractivity contribution < 1.29 is 39.6 Å². The highest BCUT2D eigenvalue weighted by Gasteiger charge is 2.64. The van der Waals surface area contributed by atoms with Gasteiger partial charge in [-0.25, -0.2) is 4.98 Å². The lowest BCUT2D eigenvalue weighted by atomic mass is 9.57. The van der Waals surface area contributed by atoms with Crippen LogP contribution in [0.15, 0.2) is 34.5 Å². The number of likely N-dealkylation sites (N-methyl/N-ethyl adjacent to an activating group) is 1. The number of phenols is 1. The van der Waals surface area contributed by atoms with Crippen molar-refractivity contribution in [1.29, 1.82) is 0 Å². The number of anilines is 2. The first-order chi connectivity index (χ1) is 19.7. The van der Waals surface area contributed by atoms with Crippen molar-refractivity contribution in [1.82, 2.24) is 15.3 Å². The van der Waals surface area contributed by atoms with Crippen molar-refractivity contribution >= 4 is 51.9 Å². The van der Waals surface area contributed by atoms with Gasteiger partial charge in [-0.1, -0.05) is 0 Å². The second-order valence-electron chi connectivity index (χ2n) is 10.9. The lowest BCUT2D eigenvalue weighted by Crippen LogP contribution is -2.65. The first-order valence-electron chi connectivity index (χ1n) is 12.9. The van der Waals surface area contributed by atoms with E-state index in [-0.39, 0.29) is 34.7 Å². The Kier molecular flexibility index (Phi) is 6.99. The fourth-order valence-corrected chi connectivity index (χ4v) is 6.83. The maximum absolute atomic E-state index is 14.0. The summed E-state index contributed by atoms with van der Waals surface area (Å²) >= 11 is 1.11. The van der Waals surface area contributed by atoms with Crippen molar-refractivity contribution in [2.75, 3.05) is 38.5 Å². The van der Waals surface area contributed by atoms with Gasteiger partial charge in [0.1, 0.15) is 17.1 Å². The number of thiazole rings is 1. The number of hydrogen-bond acceptors (Lipinski definition) is 13. The number of carbonyl (C=O) groups is 4. The van der Waals surface area contributed by atoms with Crippen LogP contribution < -0.4 is 21.5 Å². The van der Waals surface area contributed by atoms with E-state index in [1.807, 2.05) is 0 Å². The highest BCUT2D eigenvalue weighted by atomic mass is 32.1. The van der Waals surface area contributed by atoms with Crippen LogP contribution in [0.3, 0.4) is 0 Å². The van der Waals surface area contributed by atoms with Crippen LogP contribution in [0.2, 0.25) is 0 Å². The topological polar surface area (TPSA) is 219 Å². The van der Waals surface area contributed by atoms with E-state index in [0.29, 0.717) is 11.3 Å². The summed E-state index contributed by atoms with van der Waals surface area (Å²) in [5, 5.41) is 47.3. The highest BCUT2D eigenvalue weighted by molar-refractivity contribution is 7.11. The quantitative estimate of drug-likeness (QED) is 0.135. The Bertz CT molecular complexity index is 1600. The predicted molar refractivity (Wildman–Crippen MR) is 152 cm³/mol. The zero-order valence-corrected chi connectivity index (χ0v) is 23.9. The number of nitrogens with two attached hydrogens (primary N) is 1. The number of benzene rings is 1. The van der Waals surface area contributed by atoms with E-state index < -0.39 is 69.7 Å². The lowest BCUT2D eigenvalue weighted by Gasteiger charge is -2.50. The Hall–Kier alpha value is -4.47. The van der Waals surface area contributed by atoms with Gasteiger partial charge in [0.15, 0.2) is 22.1 Å². The number of ketones is 2. The van der Waals surface area contributed by atoms with Gasteiger partial charge >= 0.3 is 0 Å². The molecule has 0 bridgehead atoms. The Morgan fingerprint density at radius 3 is 2.43 bits per heavy atom. The number of primary amides is 1. The molecule has 222 valence electrons. The zero-order chi connectivity index (χ0) is 30.8. The van der Waals surface area contributed by atoms with E-state index in [4.69, 9.17) is 5.73 Å². The van der Waals surface area contributed by atoms with Gasteiger partial charge in [0.05, 0.1) is 17.3 Å². The number of aromatic nitrogens is 1. The van der Waals surface area contributed by atoms with Crippen LogP contribution in [0.5, 0.6) is 5.75 Å². The minimum atomic E-state index is -2.73. The summed E-state index contributed by atoms with van der Waals surface area (Å²) in [6, 6.07) is 0.396. The van der Waals surface area contributed by atoms with Crippen LogP contribution in [0.25, 0.3) is 5.76 Å². The molecule has 3 aliphatic rings. The third-order valence-electron chi connectivity index (χ3n) is 8.12. The fourth-order valence-electron chi connectivity index (χ4n) is 6.30. The Labute approximate surface area is 243 Å². The van der Waals surface area contributed by atoms with Crippen molar-refractivity contribution in [3.63, 3.8) is 0 Å². The van der Waals surface area contributed by atoms with Crippen molar-refractivity contribution in [2.24, 2.45) is 17.6 Å². The van der Waals surface area contributed by atoms with Crippen LogP contribution in [-0.4, -0.2) is 93.5 Å². The first-order valence-corrected chi connectivity index (χ1v) is 13.8. The second kappa shape index (κ2) is 10.1. The number of phenolic OH excluding ortho intramolecular Hbond substituents is 1. The van der Waals surface area contributed by atoms with E-state index in [1.165, 1.54) is 25.2 Å². The summed E-state index contributed by atoms with van der Waals surface area (Å²) in [5.74, 6) is -7.96. The number of aliphatic hydroxyl groups is 3. The van der Waals surface area contributed by atoms with Crippen LogP contribution in [0.1, 0.15) is 27.3 Å². The Morgan fingerprint density at radius 2 is 1.86 bits per heavy atom. The number of amides is 2. The van der Waals surface area contributed by atoms with Gasteiger partial charge in [0.2, 0.25) is 5.78 Å². The maximum Gasteiger partial charge on any atom is 0.298 e. The molecular formula is C27H30N6O8S. The molecule has 42 heavy (non-hydrogen) atoms. The average molecular weight is 599 g/mol. The molecule has 0 saturated heterocycles. The van der Waals surface area contributed by atoms with Gasteiger partial charge in [-0.15, -0.1) is 11.3 Å². The summed E-state index contributed by atoms with van der Waals surface area (Å²) in [5.41, 5.74) is 7.48. The molecule has 1 aromatic carbocycles. The number of fused-ring (bicyclic) bond motifs is 3. The van der Waals surface area contributed by atoms with Crippen LogP contribution in [-0.2, 0) is 20.8 Å². The summed E-state index contributed by atoms with van der Waals surface area (Å²) in [6.45, 7) is 0. The van der Waals surface area contributed by atoms with Crippen molar-refractivity contribution in [2.45, 2.75) is 24.5 Å². The fraction of sp³-hybridized carbons (Fsp3) is 0.370. The Morgan fingerprint density at radius 1 is 1.17 bits per heavy atom. The average Bonchev–Trinajstić information content (AvgIpc) is 3.45. The van der Waals surface area contributed by atoms with Gasteiger partial charge in [0, 0.05) is 42.9 Å². The normalized spacial score (nSPS) is 25.1. The number of nitrogens with one attached hydrogen (secondary N) is 2. The number of rotatable bonds is 6. The molecule has 3 aliphatic carbocycles. The molecule has 4 atom stereocenters. The third kappa shape index (κ3) is 4.11. The standard InChI is InChI=1S/C27H30N6O8S/c1-32(2)14-9-13(30-31-25(40)26-29-5-6-42-26)19(34)16-11(14)7-10-8-12-18(33(3)4)21(36)17(24(28)39)23(38)27(12,41)22(37)15(10)20(16)35/h5-6,9-10,12,18,30,34-35,38,41H,7-8H2,1-4H3,(H2,28,39)(H,31,40)/t10?,12?,18-,27-/m0/s1. The van der Waals surface area contributed by atoms with Gasteiger partial charge in [-0.05, 0) is 44.5 Å². The minimum absolute atomic E-state index is 0.00231. The SMILES string of the molecule is CN(C)c1cc(NNC(=O)c2nccs2)c(O)c2c1CC1CC3[C@H](N(C)C)C(=O)C(C(N)=O)=C(O)[C@@]3(O)C(=O)C1=C2O. The van der Waals surface area contributed by atoms with Crippen molar-refractivity contribution in [3.05, 3.63) is 50.7 Å². The summed E-state index contributed by atoms with van der Waals surface area (Å²) < 4.78 is 0. The number of hydrogen-bond donors (Lipinski definition) is 7. The predicted octanol–water partition coefficient (Wildman–Crippen LogP) is 0.243. The number of carbonyl (C=O) groups excluding carboxylic acids is 4. The molecule has 1 heterocycles. The molecule has 2 amide bonds. The molecule has 1 aromatic heterocycles. The van der Waals surface area contributed by atoms with Gasteiger partial charge in [-0.3, -0.25) is 34.9 Å². The highest BCUT2D eigenvalue weighted by Crippen LogP contribution is 2.54. The molecule has 1 saturated carbocycles. The first kappa shape index (κ1) is 29.0. The molecule has 15 heteroatoms. The minimum Gasteiger partial charge on any atom is -0.508 e. The summed E-state index contributed by atoms with van der Waals surface area (Å²) in [7, 11) is 6.55. The molecule has 0 radical (unpaired) electrons. The van der Waals surface area contributed by atoms with Crippen LogP contribution in [0, 0.1) is 11.8 Å². The third-order valence-corrected chi connectivity index (χ3v) is 8.89. The molecule has 0 aliphatic heterocycles. The maximum atomic E-state index is 14.0. The molecule has 0 spiro atoms. The molecule has 5 rings (SSSR count). The van der Waals surface area contributed by atoms with E-state index >= 15 is 0 Å². The van der Waals surface area contributed by atoms with Crippen LogP contribution >= 0.6 is 11.3 Å². The van der Waals surface area contributed by atoms with Gasteiger partial charge < -0.3 is 31.1 Å². The van der Waals surface area contributed by atoms with E-state index in [2.05, 4.69) is 15.8 Å². The number of aliphatic hydroxyl groups excluding tert-OH is 2. The Balaban J connectivity index is 1.65. The van der Waals surface area contributed by atoms with Gasteiger partial charge in [-0.2, -0.15) is 0 Å². The molecule has 2 unspecified atom stereocenters. The second-order valence-corrected chi connectivity index (χ2v) is 11.8. The molecule has 8 N–H and O–H groups in total. The molecule has 1 fully saturated rings. The monoisotopic (exact) mass is 598 g/mol. The lowest BCUT2D eigenvalue weighted by molar-refractivity contribution is -0.153. The zero-order valence-electron chi connectivity index (χ0n) is 23.1. The molecule has 14 nitrogen and oxygen atoms in total. The van der Waals surface area contributed by atoms with E-state index in [0.717, 1.165) is 11.3 Å². The van der Waals surface area contributed by atoms with Gasteiger partial charge in [0.25, 0.3) is 11.8 Å². The van der Waals surface area contributed by atoms with Crippen molar-refractivity contribution in [3.8, 4) is 5.75 Å². The van der Waals surface area contributed by atoms with E-state index in [1.54, 1.807) is 30.4 Å². The number of Topliss-reactive ketones (excluding diaryl/α,β-unsaturated/α-hetero) is 2. The smallest absolute Gasteiger partial charge is 0.298 e. The number of nitrogens with zero attached hydrogens (tertiary/aromatic N) is 3. The van der Waals surface area contributed by atoms with E-state index in [9.17, 15) is 39.6 Å². The number of aromatic hydroxyl groups is 1. The number of hydrazine groups is 1. The molecular weight excluding hydrogens is 568 g/mol. The summed E-state index contributed by atoms with van der Waals surface area (Å²) in [6.07, 6.45) is 1.56.